The van der Waals surface area contributed by atoms with Gasteiger partial charge in [-0.1, -0.05) is 18.5 Å². The number of ketones is 1. The van der Waals surface area contributed by atoms with Gasteiger partial charge in [0, 0.05) is 12.0 Å². The highest BCUT2D eigenvalue weighted by molar-refractivity contribution is 7.93. The third-order valence-corrected chi connectivity index (χ3v) is 3.57. The first-order valence-corrected chi connectivity index (χ1v) is 6.86. The Balaban J connectivity index is 3.07. The molecule has 1 N–H and O–H groups in total. The number of sulfonamides is 1. The Morgan fingerprint density at radius 1 is 1.37 bits per heavy atom. The van der Waals surface area contributed by atoms with E-state index in [1.54, 1.807) is 6.92 Å². The zero-order valence-electron chi connectivity index (χ0n) is 9.58. The van der Waals surface area contributed by atoms with E-state index in [0.29, 0.717) is 0 Å². The fraction of sp³-hybridized carbons (Fsp3) is 0.300. The zero-order valence-corrected chi connectivity index (χ0v) is 11.2. The quantitative estimate of drug-likeness (QED) is 0.868. The highest BCUT2D eigenvalue weighted by Crippen LogP contribution is 2.28. The molecule has 9 heteroatoms. The van der Waals surface area contributed by atoms with E-state index in [1.807, 2.05) is 0 Å². The Morgan fingerprint density at radius 2 is 1.95 bits per heavy atom. The second-order valence-corrected chi connectivity index (χ2v) is 5.60. The van der Waals surface area contributed by atoms with Gasteiger partial charge in [-0.2, -0.15) is 21.6 Å². The second-order valence-electron chi connectivity index (χ2n) is 3.52. The van der Waals surface area contributed by atoms with Crippen molar-refractivity contribution in [3.05, 3.63) is 28.8 Å². The van der Waals surface area contributed by atoms with Crippen LogP contribution < -0.4 is 4.72 Å². The Bertz CT molecular complexity index is 599. The first kappa shape index (κ1) is 15.8. The minimum atomic E-state index is -5.50. The minimum absolute atomic E-state index is 0.116. The van der Waals surface area contributed by atoms with Gasteiger partial charge in [-0.15, -0.1) is 0 Å². The molecule has 0 amide bonds. The molecule has 0 saturated heterocycles. The van der Waals surface area contributed by atoms with Crippen molar-refractivity contribution < 1.29 is 26.4 Å². The van der Waals surface area contributed by atoms with Crippen LogP contribution in [0, 0.1) is 0 Å². The number of alkyl halides is 3. The van der Waals surface area contributed by atoms with E-state index < -0.39 is 15.5 Å². The molecule has 4 nitrogen and oxygen atoms in total. The van der Waals surface area contributed by atoms with Crippen LogP contribution in [0.4, 0.5) is 18.9 Å². The van der Waals surface area contributed by atoms with E-state index in [9.17, 15) is 26.4 Å². The van der Waals surface area contributed by atoms with Crippen LogP contribution in [0.2, 0.25) is 5.02 Å². The molecular weight excluding hydrogens is 307 g/mol. The molecule has 0 saturated carbocycles. The lowest BCUT2D eigenvalue weighted by atomic mass is 10.1. The summed E-state index contributed by atoms with van der Waals surface area (Å²) in [7, 11) is -5.50. The van der Waals surface area contributed by atoms with Gasteiger partial charge in [-0.3, -0.25) is 9.52 Å². The van der Waals surface area contributed by atoms with E-state index in [-0.39, 0.29) is 28.5 Å². The van der Waals surface area contributed by atoms with Gasteiger partial charge < -0.3 is 0 Å². The van der Waals surface area contributed by atoms with Gasteiger partial charge in [-0.25, -0.2) is 0 Å². The lowest BCUT2D eigenvalue weighted by Crippen LogP contribution is -2.29. The number of carbonyl (C=O) groups is 1. The first-order valence-electron chi connectivity index (χ1n) is 5.00. The van der Waals surface area contributed by atoms with Gasteiger partial charge in [0.15, 0.2) is 5.78 Å². The summed E-state index contributed by atoms with van der Waals surface area (Å²) in [5.74, 6) is -0.296. The summed E-state index contributed by atoms with van der Waals surface area (Å²) in [5, 5.41) is -0.116. The fourth-order valence-corrected chi connectivity index (χ4v) is 2.05. The maximum Gasteiger partial charge on any atom is 0.516 e. The fourth-order valence-electron chi connectivity index (χ4n) is 1.21. The molecule has 0 aliphatic heterocycles. The Labute approximate surface area is 112 Å². The number of hydrogen-bond acceptors (Lipinski definition) is 3. The number of rotatable bonds is 4. The van der Waals surface area contributed by atoms with Crippen molar-refractivity contribution in [3.63, 3.8) is 0 Å². The summed E-state index contributed by atoms with van der Waals surface area (Å²) < 4.78 is 59.5. The molecule has 0 aliphatic carbocycles. The molecule has 0 radical (unpaired) electrons. The van der Waals surface area contributed by atoms with E-state index in [4.69, 9.17) is 11.6 Å². The standard InChI is InChI=1S/C10H9ClF3NO3S/c1-2-9(16)7-4-3-6(5-8(7)11)15-19(17,18)10(12,13)14/h3-5,15H,2H2,1H3. The lowest BCUT2D eigenvalue weighted by Gasteiger charge is -2.11. The van der Waals surface area contributed by atoms with Gasteiger partial charge >= 0.3 is 15.5 Å². The van der Waals surface area contributed by atoms with E-state index >= 15 is 0 Å². The maximum atomic E-state index is 12.1. The van der Waals surface area contributed by atoms with Crippen LogP contribution in [0.5, 0.6) is 0 Å². The Morgan fingerprint density at radius 3 is 2.37 bits per heavy atom. The van der Waals surface area contributed by atoms with Crippen LogP contribution in [0.25, 0.3) is 0 Å². The molecule has 0 unspecified atom stereocenters. The Kier molecular flexibility index (Phi) is 4.46. The number of nitrogens with one attached hydrogen (secondary N) is 1. The third kappa shape index (κ3) is 3.60. The van der Waals surface area contributed by atoms with Crippen molar-refractivity contribution in [1.82, 2.24) is 0 Å². The summed E-state index contributed by atoms with van der Waals surface area (Å²) in [6.07, 6.45) is 0.174. The highest BCUT2D eigenvalue weighted by Gasteiger charge is 2.46. The topological polar surface area (TPSA) is 63.2 Å². The second kappa shape index (κ2) is 5.38. The number of Topliss-reactive ketones (excluding diaryl/α,β-unsaturated/α-hetero) is 1. The molecule has 0 atom stereocenters. The third-order valence-electron chi connectivity index (χ3n) is 2.15. The van der Waals surface area contributed by atoms with Crippen molar-refractivity contribution in [2.45, 2.75) is 18.9 Å². The van der Waals surface area contributed by atoms with Gasteiger partial charge in [0.05, 0.1) is 10.7 Å². The van der Waals surface area contributed by atoms with Crippen molar-refractivity contribution in [1.29, 1.82) is 0 Å². The molecule has 0 aliphatic rings. The molecule has 0 bridgehead atoms. The van der Waals surface area contributed by atoms with Crippen LogP contribution in [0.1, 0.15) is 23.7 Å². The SMILES string of the molecule is CCC(=O)c1ccc(NS(=O)(=O)C(F)(F)F)cc1Cl. The number of benzene rings is 1. The van der Waals surface area contributed by atoms with Crippen LogP contribution in [0.15, 0.2) is 18.2 Å². The van der Waals surface area contributed by atoms with Crippen LogP contribution in [-0.2, 0) is 10.0 Å². The molecule has 19 heavy (non-hydrogen) atoms. The number of carbonyl (C=O) groups excluding carboxylic acids is 1. The molecule has 106 valence electrons. The van der Waals surface area contributed by atoms with Crippen LogP contribution in [-0.4, -0.2) is 19.7 Å². The van der Waals surface area contributed by atoms with Gasteiger partial charge in [0.2, 0.25) is 0 Å². The monoisotopic (exact) mass is 315 g/mol. The molecule has 0 fully saturated rings. The van der Waals surface area contributed by atoms with Gasteiger partial charge in [-0.05, 0) is 18.2 Å². The highest BCUT2D eigenvalue weighted by atomic mass is 35.5. The largest absolute Gasteiger partial charge is 0.516 e. The molecule has 0 heterocycles. The van der Waals surface area contributed by atoms with Crippen molar-refractivity contribution in [2.75, 3.05) is 4.72 Å². The van der Waals surface area contributed by atoms with Gasteiger partial charge in [0.25, 0.3) is 0 Å². The van der Waals surface area contributed by atoms with Crippen LogP contribution >= 0.6 is 11.6 Å². The average molecular weight is 316 g/mol. The smallest absolute Gasteiger partial charge is 0.294 e. The summed E-state index contributed by atoms with van der Waals surface area (Å²) in [6.45, 7) is 1.60. The predicted octanol–water partition coefficient (Wildman–Crippen LogP) is 3.19. The number of hydrogen-bond donors (Lipinski definition) is 1. The Hall–Kier alpha value is -1.28. The minimum Gasteiger partial charge on any atom is -0.294 e. The summed E-state index contributed by atoms with van der Waals surface area (Å²) >= 11 is 5.71. The van der Waals surface area contributed by atoms with E-state index in [2.05, 4.69) is 0 Å². The molecule has 1 aromatic rings. The van der Waals surface area contributed by atoms with Crippen molar-refractivity contribution in [3.8, 4) is 0 Å². The van der Waals surface area contributed by atoms with Crippen molar-refractivity contribution in [2.24, 2.45) is 0 Å². The summed E-state index contributed by atoms with van der Waals surface area (Å²) in [4.78, 5) is 11.4. The molecule has 1 rings (SSSR count). The summed E-state index contributed by atoms with van der Waals surface area (Å²) in [6, 6.07) is 3.16. The van der Waals surface area contributed by atoms with Crippen molar-refractivity contribution >= 4 is 33.1 Å². The normalized spacial score (nSPS) is 12.3. The number of anilines is 1. The molecule has 0 spiro atoms. The van der Waals surface area contributed by atoms with Gasteiger partial charge in [0.1, 0.15) is 0 Å². The maximum absolute atomic E-state index is 12.1. The zero-order chi connectivity index (χ0) is 14.8. The van der Waals surface area contributed by atoms with E-state index in [1.165, 1.54) is 10.8 Å². The van der Waals surface area contributed by atoms with E-state index in [0.717, 1.165) is 12.1 Å². The molecule has 0 aromatic heterocycles. The first-order chi connectivity index (χ1) is 8.58. The average Bonchev–Trinajstić information content (AvgIpc) is 2.26. The van der Waals surface area contributed by atoms with Crippen LogP contribution in [0.3, 0.4) is 0 Å². The predicted molar refractivity (Wildman–Crippen MR) is 64.7 cm³/mol. The summed E-state index contributed by atoms with van der Waals surface area (Å²) in [5.41, 5.74) is -5.66. The molecular formula is C10H9ClF3NO3S. The number of halogens is 4. The lowest BCUT2D eigenvalue weighted by molar-refractivity contribution is -0.0429. The molecule has 1 aromatic carbocycles.